The molecule has 0 spiro atoms. The largest absolute Gasteiger partial charge is 0.480 e. The lowest BCUT2D eigenvalue weighted by molar-refractivity contribution is -0.128. The molecule has 25 heavy (non-hydrogen) atoms. The lowest BCUT2D eigenvalue weighted by Crippen LogP contribution is -2.39. The summed E-state index contributed by atoms with van der Waals surface area (Å²) in [5.41, 5.74) is 5.72. The van der Waals surface area contributed by atoms with Crippen molar-refractivity contribution in [3.8, 4) is 5.75 Å². The molecular formula is C22H29NO2. The van der Waals surface area contributed by atoms with Gasteiger partial charge in [-0.3, -0.25) is 4.79 Å². The number of benzene rings is 2. The molecule has 2 rings (SSSR count). The van der Waals surface area contributed by atoms with Crippen molar-refractivity contribution in [1.29, 1.82) is 0 Å². The van der Waals surface area contributed by atoms with Crippen molar-refractivity contribution < 1.29 is 9.53 Å². The Morgan fingerprint density at radius 3 is 2.28 bits per heavy atom. The zero-order chi connectivity index (χ0) is 18.6. The second kappa shape index (κ2) is 8.19. The van der Waals surface area contributed by atoms with Gasteiger partial charge in [-0.05, 0) is 69.4 Å². The number of ether oxygens (including phenoxy) is 1. The topological polar surface area (TPSA) is 38.3 Å². The molecule has 1 amide bonds. The summed E-state index contributed by atoms with van der Waals surface area (Å²) in [6.07, 6.45) is 0.132. The second-order valence-corrected chi connectivity index (χ2v) is 6.87. The van der Waals surface area contributed by atoms with Gasteiger partial charge in [0.05, 0.1) is 6.04 Å². The summed E-state index contributed by atoms with van der Waals surface area (Å²) in [5.74, 6) is 0.706. The molecule has 0 saturated carbocycles. The van der Waals surface area contributed by atoms with Crippen molar-refractivity contribution in [2.45, 2.75) is 60.1 Å². The normalized spacial score (nSPS) is 13.2. The van der Waals surface area contributed by atoms with E-state index in [1.54, 1.807) is 0 Å². The third kappa shape index (κ3) is 4.85. The van der Waals surface area contributed by atoms with E-state index in [4.69, 9.17) is 4.74 Å². The van der Waals surface area contributed by atoms with Gasteiger partial charge < -0.3 is 10.1 Å². The van der Waals surface area contributed by atoms with Crippen molar-refractivity contribution in [3.63, 3.8) is 0 Å². The first-order valence-electron chi connectivity index (χ1n) is 8.93. The van der Waals surface area contributed by atoms with Crippen LogP contribution in [0.1, 0.15) is 54.1 Å². The van der Waals surface area contributed by atoms with Gasteiger partial charge in [0.2, 0.25) is 0 Å². The highest BCUT2D eigenvalue weighted by atomic mass is 16.5. The maximum Gasteiger partial charge on any atom is 0.261 e. The van der Waals surface area contributed by atoms with E-state index in [1.165, 1.54) is 11.1 Å². The molecule has 0 unspecified atom stereocenters. The van der Waals surface area contributed by atoms with Crippen molar-refractivity contribution in [2.24, 2.45) is 0 Å². The van der Waals surface area contributed by atoms with Crippen LogP contribution in [0.2, 0.25) is 0 Å². The van der Waals surface area contributed by atoms with E-state index in [0.717, 1.165) is 22.4 Å². The molecule has 3 heteroatoms. The SMILES string of the molecule is CC[C@@H](Oc1cc(C)ccc1C)C(=O)N[C@@H](C)c1ccc(C)cc1C. The lowest BCUT2D eigenvalue weighted by Gasteiger charge is -2.22. The summed E-state index contributed by atoms with van der Waals surface area (Å²) in [5, 5.41) is 3.10. The molecule has 0 bridgehead atoms. The number of amides is 1. The minimum Gasteiger partial charge on any atom is -0.480 e. The molecule has 2 aromatic carbocycles. The number of hydrogen-bond donors (Lipinski definition) is 1. The van der Waals surface area contributed by atoms with Crippen LogP contribution < -0.4 is 10.1 Å². The van der Waals surface area contributed by atoms with E-state index in [9.17, 15) is 4.79 Å². The molecule has 0 aromatic heterocycles. The van der Waals surface area contributed by atoms with Gasteiger partial charge in [-0.25, -0.2) is 0 Å². The van der Waals surface area contributed by atoms with Gasteiger partial charge in [0.1, 0.15) is 5.75 Å². The highest BCUT2D eigenvalue weighted by Crippen LogP contribution is 2.22. The highest BCUT2D eigenvalue weighted by molar-refractivity contribution is 5.81. The molecule has 0 aliphatic heterocycles. The molecule has 3 nitrogen and oxygen atoms in total. The minimum atomic E-state index is -0.492. The van der Waals surface area contributed by atoms with E-state index in [2.05, 4.69) is 37.4 Å². The molecule has 0 radical (unpaired) electrons. The van der Waals surface area contributed by atoms with E-state index < -0.39 is 6.10 Å². The fourth-order valence-electron chi connectivity index (χ4n) is 3.01. The van der Waals surface area contributed by atoms with Gasteiger partial charge in [-0.15, -0.1) is 0 Å². The molecule has 2 aromatic rings. The van der Waals surface area contributed by atoms with E-state index in [-0.39, 0.29) is 11.9 Å². The maximum atomic E-state index is 12.7. The summed E-state index contributed by atoms with van der Waals surface area (Å²) < 4.78 is 6.01. The first-order valence-corrected chi connectivity index (χ1v) is 8.93. The van der Waals surface area contributed by atoms with Gasteiger partial charge in [0, 0.05) is 0 Å². The number of aryl methyl sites for hydroxylation is 4. The van der Waals surface area contributed by atoms with Gasteiger partial charge in [0.15, 0.2) is 6.10 Å². The number of carbonyl (C=O) groups is 1. The fraction of sp³-hybridized carbons (Fsp3) is 0.409. The second-order valence-electron chi connectivity index (χ2n) is 6.87. The van der Waals surface area contributed by atoms with Crippen molar-refractivity contribution in [1.82, 2.24) is 5.32 Å². The molecule has 2 atom stereocenters. The van der Waals surface area contributed by atoms with Crippen molar-refractivity contribution >= 4 is 5.91 Å². The van der Waals surface area contributed by atoms with Crippen LogP contribution in [-0.2, 0) is 4.79 Å². The van der Waals surface area contributed by atoms with Gasteiger partial charge in [-0.1, -0.05) is 42.8 Å². The van der Waals surface area contributed by atoms with Crippen LogP contribution in [-0.4, -0.2) is 12.0 Å². The van der Waals surface area contributed by atoms with E-state index in [1.807, 2.05) is 45.9 Å². The average Bonchev–Trinajstić information content (AvgIpc) is 2.55. The molecule has 0 saturated heterocycles. The minimum absolute atomic E-state index is 0.0515. The first-order chi connectivity index (χ1) is 11.8. The summed E-state index contributed by atoms with van der Waals surface area (Å²) in [6, 6.07) is 12.3. The molecular weight excluding hydrogens is 310 g/mol. The molecule has 0 heterocycles. The molecule has 1 N–H and O–H groups in total. The Morgan fingerprint density at radius 1 is 1.00 bits per heavy atom. The predicted molar refractivity (Wildman–Crippen MR) is 103 cm³/mol. The Bertz CT molecular complexity index is 752. The van der Waals surface area contributed by atoms with E-state index in [0.29, 0.717) is 6.42 Å². The van der Waals surface area contributed by atoms with Crippen LogP contribution in [0.15, 0.2) is 36.4 Å². The fourth-order valence-corrected chi connectivity index (χ4v) is 3.01. The average molecular weight is 339 g/mol. The number of carbonyl (C=O) groups excluding carboxylic acids is 1. The summed E-state index contributed by atoms with van der Waals surface area (Å²) in [6.45, 7) is 12.2. The predicted octanol–water partition coefficient (Wildman–Crippen LogP) is 4.96. The zero-order valence-corrected chi connectivity index (χ0v) is 16.1. The summed E-state index contributed by atoms with van der Waals surface area (Å²) in [7, 11) is 0. The maximum absolute atomic E-state index is 12.7. The van der Waals surface area contributed by atoms with Gasteiger partial charge >= 0.3 is 0 Å². The quantitative estimate of drug-likeness (QED) is 0.808. The molecule has 0 aliphatic rings. The number of rotatable bonds is 6. The summed E-state index contributed by atoms with van der Waals surface area (Å²) >= 11 is 0. The third-order valence-corrected chi connectivity index (χ3v) is 4.53. The molecule has 134 valence electrons. The Hall–Kier alpha value is -2.29. The Kier molecular flexibility index (Phi) is 6.24. The zero-order valence-electron chi connectivity index (χ0n) is 16.1. The molecule has 0 aliphatic carbocycles. The third-order valence-electron chi connectivity index (χ3n) is 4.53. The van der Waals surface area contributed by atoms with Gasteiger partial charge in [-0.2, -0.15) is 0 Å². The van der Waals surface area contributed by atoms with Crippen LogP contribution in [0, 0.1) is 27.7 Å². The van der Waals surface area contributed by atoms with Crippen LogP contribution in [0.3, 0.4) is 0 Å². The van der Waals surface area contributed by atoms with E-state index >= 15 is 0 Å². The van der Waals surface area contributed by atoms with Crippen LogP contribution in [0.25, 0.3) is 0 Å². The number of nitrogens with one attached hydrogen (secondary N) is 1. The van der Waals surface area contributed by atoms with Crippen LogP contribution in [0.5, 0.6) is 5.75 Å². The number of hydrogen-bond acceptors (Lipinski definition) is 2. The molecule has 0 fully saturated rings. The summed E-state index contributed by atoms with van der Waals surface area (Å²) in [4.78, 5) is 12.7. The Labute approximate surface area is 151 Å². The highest BCUT2D eigenvalue weighted by Gasteiger charge is 2.22. The van der Waals surface area contributed by atoms with Crippen molar-refractivity contribution in [2.75, 3.05) is 0 Å². The smallest absolute Gasteiger partial charge is 0.261 e. The Balaban J connectivity index is 2.10. The van der Waals surface area contributed by atoms with Crippen molar-refractivity contribution in [3.05, 3.63) is 64.2 Å². The first kappa shape index (κ1) is 19.0. The Morgan fingerprint density at radius 2 is 1.64 bits per heavy atom. The monoisotopic (exact) mass is 339 g/mol. The van der Waals surface area contributed by atoms with Gasteiger partial charge in [0.25, 0.3) is 5.91 Å². The van der Waals surface area contributed by atoms with Crippen LogP contribution in [0.4, 0.5) is 0 Å². The van der Waals surface area contributed by atoms with Crippen LogP contribution >= 0.6 is 0 Å². The lowest BCUT2D eigenvalue weighted by atomic mass is 10.00. The standard InChI is InChI=1S/C22H29NO2/c1-7-20(25-21-13-15(3)8-10-16(21)4)22(24)23-18(6)19-11-9-14(2)12-17(19)5/h8-13,18,20H,7H2,1-6H3,(H,23,24)/t18-,20+/m0/s1.